The molecule has 0 radical (unpaired) electrons. The van der Waals surface area contributed by atoms with Crippen LogP contribution < -0.4 is 0 Å². The first-order valence-corrected chi connectivity index (χ1v) is 5.27. The zero-order valence-corrected chi connectivity index (χ0v) is 7.65. The zero-order chi connectivity index (χ0) is 8.27. The van der Waals surface area contributed by atoms with Gasteiger partial charge in [-0.3, -0.25) is 0 Å². The summed E-state index contributed by atoms with van der Waals surface area (Å²) in [6.45, 7) is 2.05. The molecule has 11 heavy (non-hydrogen) atoms. The Morgan fingerprint density at radius 2 is 1.82 bits per heavy atom. The van der Waals surface area contributed by atoms with Crippen molar-refractivity contribution in [3.8, 4) is 0 Å². The van der Waals surface area contributed by atoms with Gasteiger partial charge in [0.25, 0.3) is 0 Å². The molecular formula is C9H12OS. The van der Waals surface area contributed by atoms with E-state index in [2.05, 4.69) is 0 Å². The fourth-order valence-corrected chi connectivity index (χ4v) is 1.58. The summed E-state index contributed by atoms with van der Waals surface area (Å²) in [7, 11) is 0. The van der Waals surface area contributed by atoms with Gasteiger partial charge in [0.15, 0.2) is 0 Å². The van der Waals surface area contributed by atoms with Gasteiger partial charge < -0.3 is 4.55 Å². The maximum absolute atomic E-state index is 10.8. The monoisotopic (exact) mass is 168 g/mol. The molecule has 0 saturated heterocycles. The predicted octanol–water partition coefficient (Wildman–Crippen LogP) is 1.87. The van der Waals surface area contributed by atoms with E-state index in [1.165, 1.54) is 5.56 Å². The third kappa shape index (κ3) is 2.95. The van der Waals surface area contributed by atoms with Gasteiger partial charge in [0, 0.05) is 5.56 Å². The van der Waals surface area contributed by atoms with Crippen LogP contribution in [0.15, 0.2) is 24.3 Å². The van der Waals surface area contributed by atoms with Crippen molar-refractivity contribution in [2.75, 3.05) is 6.26 Å². The zero-order valence-electron chi connectivity index (χ0n) is 6.83. The Bertz CT molecular complexity index is 216. The van der Waals surface area contributed by atoms with Gasteiger partial charge >= 0.3 is 0 Å². The van der Waals surface area contributed by atoms with E-state index in [4.69, 9.17) is 0 Å². The summed E-state index contributed by atoms with van der Waals surface area (Å²) < 4.78 is 10.8. The molecule has 0 bridgehead atoms. The fourth-order valence-electron chi connectivity index (χ4n) is 0.919. The lowest BCUT2D eigenvalue weighted by atomic mass is 10.2. The third-order valence-electron chi connectivity index (χ3n) is 1.49. The van der Waals surface area contributed by atoms with Crippen LogP contribution in [0.25, 0.3) is 0 Å². The van der Waals surface area contributed by atoms with E-state index in [9.17, 15) is 4.55 Å². The predicted molar refractivity (Wildman–Crippen MR) is 48.9 cm³/mol. The molecule has 0 spiro atoms. The summed E-state index contributed by atoms with van der Waals surface area (Å²) >= 11 is -0.723. The summed E-state index contributed by atoms with van der Waals surface area (Å²) in [5.41, 5.74) is 2.40. The van der Waals surface area contributed by atoms with Crippen molar-refractivity contribution in [1.82, 2.24) is 0 Å². The molecule has 0 aliphatic heterocycles. The van der Waals surface area contributed by atoms with Crippen molar-refractivity contribution >= 4 is 11.2 Å². The third-order valence-corrected chi connectivity index (χ3v) is 2.23. The van der Waals surface area contributed by atoms with E-state index in [0.717, 1.165) is 5.56 Å². The lowest BCUT2D eigenvalue weighted by molar-refractivity contribution is 0.600. The molecule has 1 aromatic carbocycles. The van der Waals surface area contributed by atoms with Crippen LogP contribution in [0, 0.1) is 6.92 Å². The highest BCUT2D eigenvalue weighted by Crippen LogP contribution is 2.06. The van der Waals surface area contributed by atoms with Gasteiger partial charge in [0.2, 0.25) is 0 Å². The lowest BCUT2D eigenvalue weighted by Gasteiger charge is -2.04. The second kappa shape index (κ2) is 3.79. The van der Waals surface area contributed by atoms with Gasteiger partial charge in [0.1, 0.15) is 5.75 Å². The van der Waals surface area contributed by atoms with Gasteiger partial charge in [-0.25, -0.2) is 0 Å². The Morgan fingerprint density at radius 3 is 2.27 bits per heavy atom. The number of hydrogen-bond donors (Lipinski definition) is 0. The van der Waals surface area contributed by atoms with E-state index in [1.807, 2.05) is 31.2 Å². The standard InChI is InChI=1S/C9H12OS/c1-8-3-5-9(6-4-8)7-11(2)10/h3-6H,7H2,1-2H3. The molecule has 0 saturated carbocycles. The highest BCUT2D eigenvalue weighted by atomic mass is 32.2. The van der Waals surface area contributed by atoms with E-state index in [0.29, 0.717) is 5.75 Å². The maximum atomic E-state index is 10.8. The van der Waals surface area contributed by atoms with Gasteiger partial charge in [0.05, 0.1) is 6.26 Å². The summed E-state index contributed by atoms with van der Waals surface area (Å²) in [5, 5.41) is 0. The molecule has 0 heterocycles. The highest BCUT2D eigenvalue weighted by molar-refractivity contribution is 7.89. The van der Waals surface area contributed by atoms with Crippen molar-refractivity contribution in [2.24, 2.45) is 0 Å². The second-order valence-electron chi connectivity index (χ2n) is 2.70. The molecule has 1 unspecified atom stereocenters. The topological polar surface area (TPSA) is 23.1 Å². The molecule has 2 heteroatoms. The van der Waals surface area contributed by atoms with E-state index in [1.54, 1.807) is 6.26 Å². The van der Waals surface area contributed by atoms with Crippen molar-refractivity contribution in [3.63, 3.8) is 0 Å². The summed E-state index contributed by atoms with van der Waals surface area (Å²) in [5.74, 6) is 0.667. The molecule has 0 aliphatic carbocycles. The van der Waals surface area contributed by atoms with Crippen molar-refractivity contribution in [2.45, 2.75) is 12.7 Å². The SMILES string of the molecule is Cc1ccc(C[S+](C)[O-])cc1. The minimum Gasteiger partial charge on any atom is -0.616 e. The van der Waals surface area contributed by atoms with Crippen LogP contribution in [0.4, 0.5) is 0 Å². The largest absolute Gasteiger partial charge is 0.616 e. The normalized spacial score (nSPS) is 13.0. The van der Waals surface area contributed by atoms with Crippen molar-refractivity contribution < 1.29 is 4.55 Å². The Hall–Kier alpha value is -0.470. The number of benzene rings is 1. The van der Waals surface area contributed by atoms with Gasteiger partial charge in [-0.05, 0) is 6.92 Å². The molecule has 1 atom stereocenters. The fraction of sp³-hybridized carbons (Fsp3) is 0.333. The highest BCUT2D eigenvalue weighted by Gasteiger charge is 1.98. The molecule has 1 rings (SSSR count). The number of aryl methyl sites for hydroxylation is 1. The van der Waals surface area contributed by atoms with Crippen LogP contribution >= 0.6 is 0 Å². The van der Waals surface area contributed by atoms with Crippen molar-refractivity contribution in [3.05, 3.63) is 35.4 Å². The molecule has 0 fully saturated rings. The van der Waals surface area contributed by atoms with E-state index >= 15 is 0 Å². The van der Waals surface area contributed by atoms with Crippen molar-refractivity contribution in [1.29, 1.82) is 0 Å². The average molecular weight is 168 g/mol. The summed E-state index contributed by atoms with van der Waals surface area (Å²) in [6.07, 6.45) is 1.72. The van der Waals surface area contributed by atoms with Gasteiger partial charge in [-0.15, -0.1) is 0 Å². The minimum absolute atomic E-state index is 0.667. The van der Waals surface area contributed by atoms with Crippen LogP contribution in [0.1, 0.15) is 11.1 Å². The molecule has 0 aliphatic rings. The maximum Gasteiger partial charge on any atom is 0.130 e. The quantitative estimate of drug-likeness (QED) is 0.618. The van der Waals surface area contributed by atoms with Gasteiger partial charge in [-0.2, -0.15) is 0 Å². The van der Waals surface area contributed by atoms with Gasteiger partial charge in [-0.1, -0.05) is 41.0 Å². The first-order valence-electron chi connectivity index (χ1n) is 3.54. The molecule has 1 nitrogen and oxygen atoms in total. The number of hydrogen-bond acceptors (Lipinski definition) is 1. The van der Waals surface area contributed by atoms with Crippen LogP contribution in [-0.4, -0.2) is 10.8 Å². The van der Waals surface area contributed by atoms with E-state index in [-0.39, 0.29) is 0 Å². The smallest absolute Gasteiger partial charge is 0.130 e. The average Bonchev–Trinajstić information content (AvgIpc) is 1.93. The number of rotatable bonds is 2. The minimum atomic E-state index is -0.723. The second-order valence-corrected chi connectivity index (χ2v) is 4.14. The molecule has 0 amide bonds. The molecular weight excluding hydrogens is 156 g/mol. The summed E-state index contributed by atoms with van der Waals surface area (Å²) in [4.78, 5) is 0. The van der Waals surface area contributed by atoms with Crippen LogP contribution in [0.2, 0.25) is 0 Å². The Labute approximate surface area is 70.6 Å². The first-order chi connectivity index (χ1) is 5.18. The molecule has 60 valence electrons. The van der Waals surface area contributed by atoms with E-state index < -0.39 is 11.2 Å². The summed E-state index contributed by atoms with van der Waals surface area (Å²) in [6, 6.07) is 8.14. The van der Waals surface area contributed by atoms with Crippen LogP contribution in [0.3, 0.4) is 0 Å². The molecule has 1 aromatic rings. The molecule has 0 N–H and O–H groups in total. The molecule has 0 aromatic heterocycles. The van der Waals surface area contributed by atoms with Crippen LogP contribution in [-0.2, 0) is 16.9 Å². The lowest BCUT2D eigenvalue weighted by Crippen LogP contribution is -2.00. The Kier molecular flexibility index (Phi) is 2.97. The first kappa shape index (κ1) is 8.62. The Balaban J connectivity index is 2.66. The Morgan fingerprint density at radius 1 is 1.27 bits per heavy atom. The van der Waals surface area contributed by atoms with Crippen LogP contribution in [0.5, 0.6) is 0 Å².